The minimum absolute atomic E-state index is 0.232. The Morgan fingerprint density at radius 2 is 1.88 bits per heavy atom. The van der Waals surface area contributed by atoms with Crippen LogP contribution < -0.4 is 0 Å². The number of nitrogens with zero attached hydrogens (tertiary/aromatic N) is 1. The van der Waals surface area contributed by atoms with Crippen molar-refractivity contribution in [1.82, 2.24) is 4.90 Å². The fourth-order valence-electron chi connectivity index (χ4n) is 3.90. The molecular weight excluding hydrogens is 210 g/mol. The van der Waals surface area contributed by atoms with Crippen LogP contribution in [0.15, 0.2) is 0 Å². The van der Waals surface area contributed by atoms with Gasteiger partial charge in [-0.3, -0.25) is 4.90 Å². The monoisotopic (exact) mass is 239 g/mol. The second-order valence-corrected chi connectivity index (χ2v) is 6.64. The van der Waals surface area contributed by atoms with Gasteiger partial charge >= 0.3 is 0 Å². The van der Waals surface area contributed by atoms with Crippen LogP contribution >= 0.6 is 0 Å². The smallest absolute Gasteiger partial charge is 0.0499 e. The summed E-state index contributed by atoms with van der Waals surface area (Å²) < 4.78 is 0. The van der Waals surface area contributed by atoms with E-state index in [1.165, 1.54) is 51.5 Å². The lowest BCUT2D eigenvalue weighted by molar-refractivity contribution is 0.0299. The maximum atomic E-state index is 9.80. The van der Waals surface area contributed by atoms with Gasteiger partial charge in [0.25, 0.3) is 0 Å². The summed E-state index contributed by atoms with van der Waals surface area (Å²) in [5.74, 6) is 0.761. The first-order valence-corrected chi connectivity index (χ1v) is 7.52. The van der Waals surface area contributed by atoms with Crippen LogP contribution in [0.5, 0.6) is 0 Å². The number of hydrogen-bond donors (Lipinski definition) is 1. The van der Waals surface area contributed by atoms with Crippen LogP contribution in [0.25, 0.3) is 0 Å². The van der Waals surface area contributed by atoms with Gasteiger partial charge in [-0.2, -0.15) is 0 Å². The van der Waals surface area contributed by atoms with Gasteiger partial charge in [0.15, 0.2) is 0 Å². The molecule has 2 nitrogen and oxygen atoms in total. The summed E-state index contributed by atoms with van der Waals surface area (Å²) in [6.45, 7) is 7.48. The molecule has 2 heteroatoms. The van der Waals surface area contributed by atoms with Gasteiger partial charge in [0, 0.05) is 24.6 Å². The Balaban J connectivity index is 1.97. The van der Waals surface area contributed by atoms with Crippen LogP contribution in [-0.4, -0.2) is 35.7 Å². The lowest BCUT2D eigenvalue weighted by Crippen LogP contribution is -2.45. The summed E-state index contributed by atoms with van der Waals surface area (Å²) in [6.07, 6.45) is 9.20. The van der Waals surface area contributed by atoms with Gasteiger partial charge in [-0.05, 0) is 38.1 Å². The first-order chi connectivity index (χ1) is 8.17. The van der Waals surface area contributed by atoms with Crippen molar-refractivity contribution in [2.24, 2.45) is 11.3 Å². The predicted molar refractivity (Wildman–Crippen MR) is 72.0 cm³/mol. The van der Waals surface area contributed by atoms with Crippen molar-refractivity contribution in [2.45, 2.75) is 64.8 Å². The van der Waals surface area contributed by atoms with E-state index in [-0.39, 0.29) is 5.41 Å². The van der Waals surface area contributed by atoms with E-state index in [1.807, 2.05) is 0 Å². The van der Waals surface area contributed by atoms with E-state index >= 15 is 0 Å². The third-order valence-corrected chi connectivity index (χ3v) is 4.97. The molecule has 1 saturated carbocycles. The van der Waals surface area contributed by atoms with E-state index in [9.17, 15) is 5.11 Å². The Morgan fingerprint density at radius 1 is 1.18 bits per heavy atom. The average Bonchev–Trinajstić information content (AvgIpc) is 2.78. The number of likely N-dealkylation sites (tertiary alicyclic amines) is 1. The third-order valence-electron chi connectivity index (χ3n) is 4.97. The highest BCUT2D eigenvalue weighted by atomic mass is 16.3. The highest BCUT2D eigenvalue weighted by Gasteiger charge is 2.37. The van der Waals surface area contributed by atoms with Crippen LogP contribution in [-0.2, 0) is 0 Å². The summed E-state index contributed by atoms with van der Waals surface area (Å²) >= 11 is 0. The van der Waals surface area contributed by atoms with Crippen LogP contribution in [0, 0.1) is 11.3 Å². The number of aliphatic hydroxyl groups is 1. The van der Waals surface area contributed by atoms with Gasteiger partial charge in [0.2, 0.25) is 0 Å². The summed E-state index contributed by atoms with van der Waals surface area (Å²) in [5.41, 5.74) is 0.232. The molecule has 1 aliphatic carbocycles. The predicted octanol–water partition coefficient (Wildman–Crippen LogP) is 3.05. The topological polar surface area (TPSA) is 23.5 Å². The summed E-state index contributed by atoms with van der Waals surface area (Å²) in [4.78, 5) is 2.67. The van der Waals surface area contributed by atoms with E-state index < -0.39 is 0 Å². The molecule has 100 valence electrons. The molecule has 0 spiro atoms. The van der Waals surface area contributed by atoms with Crippen LogP contribution in [0.3, 0.4) is 0 Å². The highest BCUT2D eigenvalue weighted by Crippen LogP contribution is 2.38. The fourth-order valence-corrected chi connectivity index (χ4v) is 3.90. The van der Waals surface area contributed by atoms with Crippen molar-refractivity contribution < 1.29 is 5.11 Å². The molecule has 17 heavy (non-hydrogen) atoms. The lowest BCUT2D eigenvalue weighted by Gasteiger charge is -2.41. The molecule has 1 saturated heterocycles. The van der Waals surface area contributed by atoms with Crippen molar-refractivity contribution in [3.05, 3.63) is 0 Å². The maximum Gasteiger partial charge on any atom is 0.0499 e. The molecule has 0 aromatic carbocycles. The molecular formula is C15H29NO. The quantitative estimate of drug-likeness (QED) is 0.815. The molecule has 1 heterocycles. The zero-order valence-electron chi connectivity index (χ0n) is 11.6. The first-order valence-electron chi connectivity index (χ1n) is 7.52. The lowest BCUT2D eigenvalue weighted by atomic mass is 9.74. The van der Waals surface area contributed by atoms with Gasteiger partial charge in [0.1, 0.15) is 0 Å². The summed E-state index contributed by atoms with van der Waals surface area (Å²) in [7, 11) is 0. The Bertz CT molecular complexity index is 233. The van der Waals surface area contributed by atoms with Crippen molar-refractivity contribution in [1.29, 1.82) is 0 Å². The van der Waals surface area contributed by atoms with Gasteiger partial charge in [0.05, 0.1) is 0 Å². The Morgan fingerprint density at radius 3 is 2.47 bits per heavy atom. The summed E-state index contributed by atoms with van der Waals surface area (Å²) in [5, 5.41) is 9.80. The molecule has 0 aromatic heterocycles. The van der Waals surface area contributed by atoms with E-state index in [1.54, 1.807) is 0 Å². The van der Waals surface area contributed by atoms with Crippen LogP contribution in [0.4, 0.5) is 0 Å². The molecule has 1 N–H and O–H groups in total. The van der Waals surface area contributed by atoms with Crippen molar-refractivity contribution >= 4 is 0 Å². The Hall–Kier alpha value is -0.0800. The van der Waals surface area contributed by atoms with E-state index in [4.69, 9.17) is 0 Å². The van der Waals surface area contributed by atoms with Crippen LogP contribution in [0.2, 0.25) is 0 Å². The largest absolute Gasteiger partial charge is 0.396 e. The molecule has 1 aliphatic heterocycles. The molecule has 0 bridgehead atoms. The third kappa shape index (κ3) is 3.03. The zero-order valence-corrected chi connectivity index (χ0v) is 11.6. The average molecular weight is 239 g/mol. The van der Waals surface area contributed by atoms with Crippen molar-refractivity contribution in [2.75, 3.05) is 19.7 Å². The van der Waals surface area contributed by atoms with E-state index in [0.717, 1.165) is 18.5 Å². The van der Waals surface area contributed by atoms with Crippen molar-refractivity contribution in [3.63, 3.8) is 0 Å². The second kappa shape index (κ2) is 5.71. The van der Waals surface area contributed by atoms with Gasteiger partial charge in [-0.1, -0.05) is 33.1 Å². The van der Waals surface area contributed by atoms with Gasteiger partial charge in [-0.25, -0.2) is 0 Å². The molecule has 1 atom stereocenters. The number of aliphatic hydroxyl groups excluding tert-OH is 1. The molecule has 0 aromatic rings. The maximum absolute atomic E-state index is 9.80. The highest BCUT2D eigenvalue weighted by molar-refractivity contribution is 4.90. The number of rotatable bonds is 4. The molecule has 1 unspecified atom stereocenters. The van der Waals surface area contributed by atoms with Crippen LogP contribution in [0.1, 0.15) is 58.8 Å². The Labute approximate surface area is 106 Å². The molecule has 2 aliphatic rings. The molecule has 0 radical (unpaired) electrons. The first kappa shape index (κ1) is 13.4. The van der Waals surface area contributed by atoms with E-state index in [2.05, 4.69) is 18.7 Å². The number of hydrogen-bond acceptors (Lipinski definition) is 2. The van der Waals surface area contributed by atoms with Gasteiger partial charge in [-0.15, -0.1) is 0 Å². The minimum atomic E-state index is 0.232. The second-order valence-electron chi connectivity index (χ2n) is 6.64. The van der Waals surface area contributed by atoms with Gasteiger partial charge < -0.3 is 5.11 Å². The standard InChI is InChI=1S/C15H29NO/c1-13(2)14-7-6-10-16(14)11-15(12-17)8-4-3-5-9-15/h13-14,17H,3-12H2,1-2H3. The summed E-state index contributed by atoms with van der Waals surface area (Å²) in [6, 6.07) is 0.764. The SMILES string of the molecule is CC(C)C1CCCN1CC1(CO)CCCCC1. The minimum Gasteiger partial charge on any atom is -0.396 e. The molecule has 0 amide bonds. The normalized spacial score (nSPS) is 30.0. The molecule has 2 rings (SSSR count). The fraction of sp³-hybridized carbons (Fsp3) is 1.00. The zero-order chi connectivity index (χ0) is 12.3. The Kier molecular flexibility index (Phi) is 4.48. The van der Waals surface area contributed by atoms with Crippen molar-refractivity contribution in [3.8, 4) is 0 Å². The molecule has 2 fully saturated rings. The van der Waals surface area contributed by atoms with E-state index in [0.29, 0.717) is 6.61 Å².